The summed E-state index contributed by atoms with van der Waals surface area (Å²) >= 11 is 0. The minimum Gasteiger partial charge on any atom is -0.478 e. The maximum atomic E-state index is 13.5. The Balaban J connectivity index is 3.13. The molecule has 0 spiro atoms. The highest BCUT2D eigenvalue weighted by molar-refractivity contribution is 5.89. The molecule has 0 aromatic heterocycles. The first-order valence-electron chi connectivity index (χ1n) is 4.82. The van der Waals surface area contributed by atoms with E-state index in [1.54, 1.807) is 0 Å². The second-order valence-electron chi connectivity index (χ2n) is 3.43. The van der Waals surface area contributed by atoms with Crippen molar-refractivity contribution >= 4 is 11.7 Å². The van der Waals surface area contributed by atoms with E-state index in [0.717, 1.165) is 0 Å². The second-order valence-corrected chi connectivity index (χ2v) is 3.43. The first kappa shape index (κ1) is 14.3. The number of hydrogen-bond acceptors (Lipinski definition) is 4. The molecule has 8 heteroatoms. The van der Waals surface area contributed by atoms with Crippen molar-refractivity contribution in [2.24, 2.45) is 0 Å². The molecule has 5 nitrogen and oxygen atoms in total. The van der Waals surface area contributed by atoms with E-state index in [1.165, 1.54) is 0 Å². The Hall–Kier alpha value is -1.80. The summed E-state index contributed by atoms with van der Waals surface area (Å²) in [7, 11) is 0. The van der Waals surface area contributed by atoms with Gasteiger partial charge in [-0.1, -0.05) is 0 Å². The second kappa shape index (κ2) is 5.69. The highest BCUT2D eigenvalue weighted by atomic mass is 19.2. The smallest absolute Gasteiger partial charge is 0.338 e. The van der Waals surface area contributed by atoms with Crippen LogP contribution in [0.25, 0.3) is 0 Å². The SMILES string of the molecule is O=C(O)c1cc(F)c(F)c(NCC(O)CO)c1F. The molecule has 18 heavy (non-hydrogen) atoms. The van der Waals surface area contributed by atoms with Crippen molar-refractivity contribution in [3.8, 4) is 0 Å². The maximum Gasteiger partial charge on any atom is 0.338 e. The minimum atomic E-state index is -1.75. The normalized spacial score (nSPS) is 12.3. The van der Waals surface area contributed by atoms with Crippen LogP contribution in [0.15, 0.2) is 6.07 Å². The fourth-order valence-electron chi connectivity index (χ4n) is 1.20. The molecule has 0 amide bonds. The number of aliphatic hydroxyl groups is 2. The van der Waals surface area contributed by atoms with E-state index in [2.05, 4.69) is 0 Å². The Kier molecular flexibility index (Phi) is 4.51. The highest BCUT2D eigenvalue weighted by Gasteiger charge is 2.22. The topological polar surface area (TPSA) is 89.8 Å². The van der Waals surface area contributed by atoms with E-state index in [-0.39, 0.29) is 6.07 Å². The summed E-state index contributed by atoms with van der Waals surface area (Å²) in [4.78, 5) is 10.6. The predicted octanol–water partition coefficient (Wildman–Crippen LogP) is 0.567. The van der Waals surface area contributed by atoms with E-state index in [4.69, 9.17) is 15.3 Å². The molecule has 1 unspecified atom stereocenters. The zero-order valence-corrected chi connectivity index (χ0v) is 8.95. The maximum absolute atomic E-state index is 13.5. The lowest BCUT2D eigenvalue weighted by atomic mass is 10.1. The van der Waals surface area contributed by atoms with Crippen LogP contribution in [0.4, 0.5) is 18.9 Å². The van der Waals surface area contributed by atoms with Crippen LogP contribution >= 0.6 is 0 Å². The predicted molar refractivity (Wildman–Crippen MR) is 54.9 cm³/mol. The lowest BCUT2D eigenvalue weighted by Gasteiger charge is -2.13. The van der Waals surface area contributed by atoms with E-state index < -0.39 is 53.9 Å². The van der Waals surface area contributed by atoms with Gasteiger partial charge in [-0.3, -0.25) is 0 Å². The molecule has 0 bridgehead atoms. The molecule has 4 N–H and O–H groups in total. The van der Waals surface area contributed by atoms with Crippen molar-refractivity contribution in [2.75, 3.05) is 18.5 Å². The number of benzene rings is 1. The van der Waals surface area contributed by atoms with Crippen LogP contribution in [-0.2, 0) is 0 Å². The summed E-state index contributed by atoms with van der Waals surface area (Å²) in [5, 5.41) is 28.1. The van der Waals surface area contributed by atoms with Gasteiger partial charge in [0.05, 0.1) is 12.7 Å². The number of carbonyl (C=O) groups is 1. The molecule has 1 aromatic carbocycles. The van der Waals surface area contributed by atoms with Gasteiger partial charge >= 0.3 is 5.97 Å². The number of anilines is 1. The van der Waals surface area contributed by atoms with Crippen LogP contribution in [0.2, 0.25) is 0 Å². The molecule has 0 saturated heterocycles. The molecule has 0 aliphatic rings. The Morgan fingerprint density at radius 2 is 1.94 bits per heavy atom. The third-order valence-electron chi connectivity index (χ3n) is 2.11. The largest absolute Gasteiger partial charge is 0.478 e. The lowest BCUT2D eigenvalue weighted by Crippen LogP contribution is -2.24. The fraction of sp³-hybridized carbons (Fsp3) is 0.300. The van der Waals surface area contributed by atoms with Crippen molar-refractivity contribution in [1.82, 2.24) is 0 Å². The first-order chi connectivity index (χ1) is 8.38. The number of hydrogen-bond donors (Lipinski definition) is 4. The third-order valence-corrected chi connectivity index (χ3v) is 2.11. The van der Waals surface area contributed by atoms with Gasteiger partial charge in [0.25, 0.3) is 0 Å². The Morgan fingerprint density at radius 1 is 1.33 bits per heavy atom. The average Bonchev–Trinajstić information content (AvgIpc) is 2.32. The summed E-state index contributed by atoms with van der Waals surface area (Å²) in [5.41, 5.74) is -2.03. The molecule has 0 radical (unpaired) electrons. The molecule has 1 atom stereocenters. The molecule has 0 aliphatic carbocycles. The van der Waals surface area contributed by atoms with Crippen molar-refractivity contribution < 1.29 is 33.3 Å². The summed E-state index contributed by atoms with van der Waals surface area (Å²) in [6, 6.07) is 0.223. The summed E-state index contributed by atoms with van der Waals surface area (Å²) in [6.07, 6.45) is -1.32. The first-order valence-corrected chi connectivity index (χ1v) is 4.82. The van der Waals surface area contributed by atoms with Gasteiger partial charge in [-0.2, -0.15) is 0 Å². The van der Waals surface area contributed by atoms with Gasteiger partial charge < -0.3 is 20.6 Å². The number of aromatic carboxylic acids is 1. The number of carboxylic acids is 1. The van der Waals surface area contributed by atoms with Crippen molar-refractivity contribution in [2.45, 2.75) is 6.10 Å². The van der Waals surface area contributed by atoms with Crippen molar-refractivity contribution in [3.63, 3.8) is 0 Å². The highest BCUT2D eigenvalue weighted by Crippen LogP contribution is 2.25. The van der Waals surface area contributed by atoms with Gasteiger partial charge in [-0.05, 0) is 6.07 Å². The molecule has 0 heterocycles. The molecule has 0 saturated carbocycles. The zero-order valence-electron chi connectivity index (χ0n) is 8.95. The molecule has 0 aliphatic heterocycles. The van der Waals surface area contributed by atoms with Crippen LogP contribution in [0.5, 0.6) is 0 Å². The van der Waals surface area contributed by atoms with E-state index in [1.807, 2.05) is 5.32 Å². The van der Waals surface area contributed by atoms with E-state index in [0.29, 0.717) is 0 Å². The van der Waals surface area contributed by atoms with Crippen LogP contribution in [0, 0.1) is 17.5 Å². The number of nitrogens with one attached hydrogen (secondary N) is 1. The standard InChI is InChI=1S/C10H10F3NO4/c11-6-1-5(10(17)18)7(12)9(8(6)13)14-2-4(16)3-15/h1,4,14-16H,2-3H2,(H,17,18). The Morgan fingerprint density at radius 3 is 2.44 bits per heavy atom. The van der Waals surface area contributed by atoms with Crippen LogP contribution in [0.1, 0.15) is 10.4 Å². The van der Waals surface area contributed by atoms with Gasteiger partial charge in [0.1, 0.15) is 11.3 Å². The minimum absolute atomic E-state index is 0.223. The van der Waals surface area contributed by atoms with Crippen molar-refractivity contribution in [3.05, 3.63) is 29.1 Å². The van der Waals surface area contributed by atoms with Crippen LogP contribution in [0.3, 0.4) is 0 Å². The van der Waals surface area contributed by atoms with Gasteiger partial charge in [0, 0.05) is 6.54 Å². The zero-order chi connectivity index (χ0) is 13.9. The number of halogens is 3. The van der Waals surface area contributed by atoms with Gasteiger partial charge in [0.2, 0.25) is 0 Å². The molecule has 100 valence electrons. The van der Waals surface area contributed by atoms with Gasteiger partial charge in [0.15, 0.2) is 17.5 Å². The van der Waals surface area contributed by atoms with Crippen LogP contribution in [-0.4, -0.2) is 40.5 Å². The summed E-state index contributed by atoms with van der Waals surface area (Å²) in [6.45, 7) is -1.13. The average molecular weight is 265 g/mol. The number of rotatable bonds is 5. The van der Waals surface area contributed by atoms with Crippen LogP contribution < -0.4 is 5.32 Å². The monoisotopic (exact) mass is 265 g/mol. The molecule has 1 aromatic rings. The quantitative estimate of drug-likeness (QED) is 0.584. The molecule has 1 rings (SSSR count). The van der Waals surface area contributed by atoms with E-state index >= 15 is 0 Å². The molecular formula is C10H10F3NO4. The summed E-state index contributed by atoms with van der Waals surface area (Å²) < 4.78 is 39.8. The number of aliphatic hydroxyl groups excluding tert-OH is 2. The van der Waals surface area contributed by atoms with Gasteiger partial charge in [-0.15, -0.1) is 0 Å². The molecule has 0 fully saturated rings. The lowest BCUT2D eigenvalue weighted by molar-refractivity contribution is 0.0691. The third kappa shape index (κ3) is 2.90. The van der Waals surface area contributed by atoms with E-state index in [9.17, 15) is 18.0 Å². The fourth-order valence-corrected chi connectivity index (χ4v) is 1.20. The molecular weight excluding hydrogens is 255 g/mol. The van der Waals surface area contributed by atoms with Crippen molar-refractivity contribution in [1.29, 1.82) is 0 Å². The Labute approximate surface area is 99.5 Å². The number of carboxylic acid groups (broad SMARTS) is 1. The summed E-state index contributed by atoms with van der Waals surface area (Å²) in [5.74, 6) is -6.36. The Bertz CT molecular complexity index is 467. The van der Waals surface area contributed by atoms with Gasteiger partial charge in [-0.25, -0.2) is 18.0 Å².